The van der Waals surface area contributed by atoms with E-state index in [1.165, 1.54) is 9.31 Å². The first-order valence-electron chi connectivity index (χ1n) is 10.7. The number of amides is 1. The first-order valence-corrected chi connectivity index (χ1v) is 12.7. The Morgan fingerprint density at radius 1 is 1.19 bits per heavy atom. The summed E-state index contributed by atoms with van der Waals surface area (Å²) in [6.45, 7) is 5.26. The summed E-state index contributed by atoms with van der Waals surface area (Å²) < 4.78 is 31.4. The van der Waals surface area contributed by atoms with E-state index in [0.29, 0.717) is 43.4 Å². The zero-order valence-corrected chi connectivity index (χ0v) is 19.7. The standard InChI is InChI=1S/C22H27ClN4O4S/c1-3-32(29,30)26-12-10-25(11-13-26)16(2)22(28)27-20(21-5-4-14-31-21)15-19(24-27)17-6-8-18(23)9-7-17/h4-9,14,16,20H,3,10-13,15H2,1-2H3. The molecule has 0 N–H and O–H groups in total. The fourth-order valence-electron chi connectivity index (χ4n) is 4.13. The molecule has 0 saturated carbocycles. The first kappa shape index (κ1) is 23.0. The van der Waals surface area contributed by atoms with E-state index in [4.69, 9.17) is 16.0 Å². The van der Waals surface area contributed by atoms with Gasteiger partial charge in [-0.05, 0) is 43.7 Å². The third-order valence-electron chi connectivity index (χ3n) is 6.12. The monoisotopic (exact) mass is 478 g/mol. The van der Waals surface area contributed by atoms with Crippen LogP contribution in [0.5, 0.6) is 0 Å². The molecule has 2 aliphatic rings. The van der Waals surface area contributed by atoms with Crippen molar-refractivity contribution in [1.82, 2.24) is 14.2 Å². The Labute approximate surface area is 193 Å². The van der Waals surface area contributed by atoms with E-state index in [1.54, 1.807) is 31.4 Å². The van der Waals surface area contributed by atoms with Gasteiger partial charge in [0.05, 0.1) is 23.8 Å². The summed E-state index contributed by atoms with van der Waals surface area (Å²) in [4.78, 5) is 15.5. The van der Waals surface area contributed by atoms with Crippen LogP contribution in [0.3, 0.4) is 0 Å². The third-order valence-corrected chi connectivity index (χ3v) is 8.26. The lowest BCUT2D eigenvalue weighted by molar-refractivity contribution is -0.139. The fourth-order valence-corrected chi connectivity index (χ4v) is 5.34. The van der Waals surface area contributed by atoms with Gasteiger partial charge < -0.3 is 4.42 Å². The Kier molecular flexibility index (Phi) is 6.71. The van der Waals surface area contributed by atoms with Crippen LogP contribution < -0.4 is 0 Å². The van der Waals surface area contributed by atoms with Crippen LogP contribution in [-0.4, -0.2) is 72.2 Å². The van der Waals surface area contributed by atoms with E-state index in [-0.39, 0.29) is 17.7 Å². The number of benzene rings is 1. The van der Waals surface area contributed by atoms with E-state index in [2.05, 4.69) is 5.10 Å². The van der Waals surface area contributed by atoms with Crippen LogP contribution in [0.15, 0.2) is 52.2 Å². The number of hydrogen-bond acceptors (Lipinski definition) is 6. The predicted octanol–water partition coefficient (Wildman–Crippen LogP) is 2.97. The first-order chi connectivity index (χ1) is 15.3. The molecule has 3 heterocycles. The van der Waals surface area contributed by atoms with Crippen LogP contribution >= 0.6 is 11.6 Å². The van der Waals surface area contributed by atoms with Crippen LogP contribution in [0.2, 0.25) is 5.02 Å². The zero-order chi connectivity index (χ0) is 22.9. The van der Waals surface area contributed by atoms with Gasteiger partial charge in [0.2, 0.25) is 10.0 Å². The van der Waals surface area contributed by atoms with E-state index in [0.717, 1.165) is 11.3 Å². The van der Waals surface area contributed by atoms with E-state index < -0.39 is 16.1 Å². The Morgan fingerprint density at radius 2 is 1.88 bits per heavy atom. The molecule has 2 unspecified atom stereocenters. The molecule has 2 atom stereocenters. The molecular weight excluding hydrogens is 452 g/mol. The fraction of sp³-hybridized carbons (Fsp3) is 0.455. The number of carbonyl (C=O) groups is 1. The normalized spacial score (nSPS) is 21.5. The van der Waals surface area contributed by atoms with Crippen LogP contribution in [0.1, 0.15) is 37.6 Å². The highest BCUT2D eigenvalue weighted by Gasteiger charge is 2.39. The Hall–Kier alpha value is -2.20. The third kappa shape index (κ3) is 4.61. The number of carbonyl (C=O) groups excluding carboxylic acids is 1. The maximum absolute atomic E-state index is 13.5. The SMILES string of the molecule is CCS(=O)(=O)N1CCN(C(C)C(=O)N2N=C(c3ccc(Cl)cc3)CC2c2ccco2)CC1. The van der Waals surface area contributed by atoms with Crippen molar-refractivity contribution >= 4 is 33.2 Å². The van der Waals surface area contributed by atoms with Gasteiger partial charge in [0.1, 0.15) is 11.8 Å². The van der Waals surface area contributed by atoms with Crippen molar-refractivity contribution in [3.8, 4) is 0 Å². The second kappa shape index (κ2) is 9.35. The minimum atomic E-state index is -3.22. The van der Waals surface area contributed by atoms with Crippen LogP contribution in [0.4, 0.5) is 0 Å². The smallest absolute Gasteiger partial charge is 0.260 e. The number of hydrogen-bond donors (Lipinski definition) is 0. The molecule has 2 aliphatic heterocycles. The van der Waals surface area contributed by atoms with E-state index in [1.807, 2.05) is 30.0 Å². The number of sulfonamides is 1. The quantitative estimate of drug-likeness (QED) is 0.637. The van der Waals surface area contributed by atoms with Crippen molar-refractivity contribution < 1.29 is 17.6 Å². The Morgan fingerprint density at radius 3 is 2.47 bits per heavy atom. The molecule has 32 heavy (non-hydrogen) atoms. The molecule has 10 heteroatoms. The molecule has 0 radical (unpaired) electrons. The average Bonchev–Trinajstić information content (AvgIpc) is 3.49. The largest absolute Gasteiger partial charge is 0.467 e. The van der Waals surface area contributed by atoms with Crippen LogP contribution in [0, 0.1) is 0 Å². The number of nitrogens with zero attached hydrogens (tertiary/aromatic N) is 4. The van der Waals surface area contributed by atoms with Gasteiger partial charge in [0.25, 0.3) is 5.91 Å². The highest BCUT2D eigenvalue weighted by Crippen LogP contribution is 2.34. The minimum Gasteiger partial charge on any atom is -0.467 e. The lowest BCUT2D eigenvalue weighted by Crippen LogP contribution is -2.55. The molecular formula is C22H27ClN4O4S. The molecule has 0 aliphatic carbocycles. The van der Waals surface area contributed by atoms with Gasteiger partial charge in [-0.25, -0.2) is 13.4 Å². The Balaban J connectivity index is 1.52. The van der Waals surface area contributed by atoms with E-state index >= 15 is 0 Å². The van der Waals surface area contributed by atoms with Gasteiger partial charge in [-0.1, -0.05) is 23.7 Å². The summed E-state index contributed by atoms with van der Waals surface area (Å²) in [5, 5.41) is 6.83. The second-order valence-electron chi connectivity index (χ2n) is 7.98. The molecule has 4 rings (SSSR count). The molecule has 1 aromatic heterocycles. The lowest BCUT2D eigenvalue weighted by Gasteiger charge is -2.37. The van der Waals surface area contributed by atoms with Crippen molar-refractivity contribution in [3.63, 3.8) is 0 Å². The number of rotatable bonds is 6. The molecule has 0 bridgehead atoms. The molecule has 1 amide bonds. The van der Waals surface area contributed by atoms with Crippen molar-refractivity contribution in [2.75, 3.05) is 31.9 Å². The van der Waals surface area contributed by atoms with Gasteiger partial charge >= 0.3 is 0 Å². The van der Waals surface area contributed by atoms with E-state index in [9.17, 15) is 13.2 Å². The molecule has 172 valence electrons. The molecule has 1 saturated heterocycles. The number of piperazine rings is 1. The summed E-state index contributed by atoms with van der Waals surface area (Å²) in [5.41, 5.74) is 1.70. The van der Waals surface area contributed by atoms with Gasteiger partial charge in [0.15, 0.2) is 0 Å². The predicted molar refractivity (Wildman–Crippen MR) is 123 cm³/mol. The molecule has 1 fully saturated rings. The van der Waals surface area contributed by atoms with Crippen molar-refractivity contribution in [3.05, 3.63) is 59.0 Å². The Bertz CT molecular complexity index is 1080. The minimum absolute atomic E-state index is 0.0856. The highest BCUT2D eigenvalue weighted by molar-refractivity contribution is 7.89. The van der Waals surface area contributed by atoms with Crippen molar-refractivity contribution in [2.24, 2.45) is 5.10 Å². The summed E-state index contributed by atoms with van der Waals surface area (Å²) in [7, 11) is -3.22. The molecule has 8 nitrogen and oxygen atoms in total. The van der Waals surface area contributed by atoms with Crippen LogP contribution in [0.25, 0.3) is 0 Å². The maximum Gasteiger partial charge on any atom is 0.260 e. The summed E-state index contributed by atoms with van der Waals surface area (Å²) in [5.74, 6) is 0.627. The maximum atomic E-state index is 13.5. The summed E-state index contributed by atoms with van der Waals surface area (Å²) in [6, 6.07) is 10.3. The topological polar surface area (TPSA) is 86.4 Å². The second-order valence-corrected chi connectivity index (χ2v) is 10.7. The lowest BCUT2D eigenvalue weighted by atomic mass is 10.0. The molecule has 1 aromatic carbocycles. The average molecular weight is 479 g/mol. The van der Waals surface area contributed by atoms with Crippen LogP contribution in [-0.2, 0) is 14.8 Å². The highest BCUT2D eigenvalue weighted by atomic mass is 35.5. The van der Waals surface area contributed by atoms with Crippen molar-refractivity contribution in [1.29, 1.82) is 0 Å². The van der Waals surface area contributed by atoms with Gasteiger partial charge in [-0.2, -0.15) is 9.41 Å². The van der Waals surface area contributed by atoms with Gasteiger partial charge in [-0.3, -0.25) is 9.69 Å². The zero-order valence-electron chi connectivity index (χ0n) is 18.1. The summed E-state index contributed by atoms with van der Waals surface area (Å²) >= 11 is 6.02. The van der Waals surface area contributed by atoms with Gasteiger partial charge in [0, 0.05) is 37.6 Å². The van der Waals surface area contributed by atoms with Gasteiger partial charge in [-0.15, -0.1) is 0 Å². The number of halogens is 1. The molecule has 2 aromatic rings. The number of hydrazone groups is 1. The summed E-state index contributed by atoms with van der Waals surface area (Å²) in [6.07, 6.45) is 2.13. The van der Waals surface area contributed by atoms with Crippen molar-refractivity contribution in [2.45, 2.75) is 32.4 Å². The number of furan rings is 1. The molecule has 0 spiro atoms.